The van der Waals surface area contributed by atoms with E-state index in [4.69, 9.17) is 5.73 Å². The lowest BCUT2D eigenvalue weighted by atomic mass is 10.0. The normalized spacial score (nSPS) is 17.9. The zero-order valence-electron chi connectivity index (χ0n) is 13.7. The van der Waals surface area contributed by atoms with Crippen molar-refractivity contribution in [2.45, 2.75) is 58.9 Å². The third kappa shape index (κ3) is 6.46. The molecule has 1 aliphatic heterocycles. The minimum atomic E-state index is 0.0557. The number of likely N-dealkylation sites (tertiary alicyclic amines) is 1. The van der Waals surface area contributed by atoms with Gasteiger partial charge in [-0.15, -0.1) is 0 Å². The second-order valence-corrected chi connectivity index (χ2v) is 6.54. The summed E-state index contributed by atoms with van der Waals surface area (Å²) in [5.74, 6) is 0.911. The maximum absolute atomic E-state index is 11.9. The maximum atomic E-state index is 11.9. The van der Waals surface area contributed by atoms with Crippen molar-refractivity contribution in [3.05, 3.63) is 0 Å². The molecule has 0 saturated carbocycles. The molecule has 0 bridgehead atoms. The first-order valence-corrected chi connectivity index (χ1v) is 8.22. The lowest BCUT2D eigenvalue weighted by Gasteiger charge is -2.33. The highest BCUT2D eigenvalue weighted by atomic mass is 16.2. The van der Waals surface area contributed by atoms with E-state index in [9.17, 15) is 9.59 Å². The smallest absolute Gasteiger partial charge is 0.225 e. The lowest BCUT2D eigenvalue weighted by molar-refractivity contribution is -0.135. The first-order valence-electron chi connectivity index (χ1n) is 8.22. The van der Waals surface area contributed by atoms with E-state index in [1.165, 1.54) is 0 Å². The van der Waals surface area contributed by atoms with Gasteiger partial charge in [-0.05, 0) is 38.1 Å². The molecule has 1 saturated heterocycles. The Balaban J connectivity index is 2.23. The largest absolute Gasteiger partial charge is 0.353 e. The van der Waals surface area contributed by atoms with Crippen LogP contribution < -0.4 is 11.1 Å². The standard InChI is InChI=1S/C16H31N3O2/c1-12(2)16(21)19-10-7-14(8-11-19)18-15(20)5-4-13(3)6-9-17/h12-14H,4-11,17H2,1-3H3,(H,18,20). The van der Waals surface area contributed by atoms with Crippen molar-refractivity contribution in [3.63, 3.8) is 0 Å². The van der Waals surface area contributed by atoms with Crippen molar-refractivity contribution in [2.75, 3.05) is 19.6 Å². The number of nitrogens with zero attached hydrogens (tertiary/aromatic N) is 1. The fraction of sp³-hybridized carbons (Fsp3) is 0.875. The molecule has 2 amide bonds. The van der Waals surface area contributed by atoms with Gasteiger partial charge in [-0.25, -0.2) is 0 Å². The molecule has 0 aromatic carbocycles. The molecule has 1 aliphatic rings. The topological polar surface area (TPSA) is 75.4 Å². The number of amides is 2. The van der Waals surface area contributed by atoms with Crippen LogP contribution in [0.15, 0.2) is 0 Å². The van der Waals surface area contributed by atoms with Crippen LogP contribution >= 0.6 is 0 Å². The third-order valence-electron chi connectivity index (χ3n) is 4.19. The van der Waals surface area contributed by atoms with Crippen molar-refractivity contribution in [1.29, 1.82) is 0 Å². The van der Waals surface area contributed by atoms with Gasteiger partial charge in [0.1, 0.15) is 0 Å². The zero-order chi connectivity index (χ0) is 15.8. The van der Waals surface area contributed by atoms with Crippen LogP contribution in [0.4, 0.5) is 0 Å². The Hall–Kier alpha value is -1.10. The molecule has 0 radical (unpaired) electrons. The Labute approximate surface area is 128 Å². The molecule has 3 N–H and O–H groups in total. The Morgan fingerprint density at radius 3 is 2.33 bits per heavy atom. The predicted octanol–water partition coefficient (Wildman–Crippen LogP) is 1.51. The zero-order valence-corrected chi connectivity index (χ0v) is 13.7. The van der Waals surface area contributed by atoms with Gasteiger partial charge in [-0.2, -0.15) is 0 Å². The minimum absolute atomic E-state index is 0.0557. The number of nitrogens with two attached hydrogens (primary N) is 1. The van der Waals surface area contributed by atoms with Crippen LogP contribution in [0.25, 0.3) is 0 Å². The summed E-state index contributed by atoms with van der Waals surface area (Å²) >= 11 is 0. The number of carbonyl (C=O) groups is 2. The molecule has 0 aromatic rings. The predicted molar refractivity (Wildman–Crippen MR) is 84.7 cm³/mol. The van der Waals surface area contributed by atoms with Gasteiger partial charge in [0.05, 0.1) is 0 Å². The van der Waals surface area contributed by atoms with E-state index in [1.807, 2.05) is 18.7 Å². The highest BCUT2D eigenvalue weighted by molar-refractivity contribution is 5.78. The third-order valence-corrected chi connectivity index (χ3v) is 4.19. The van der Waals surface area contributed by atoms with Gasteiger partial charge in [-0.3, -0.25) is 9.59 Å². The first kappa shape index (κ1) is 18.0. The van der Waals surface area contributed by atoms with Crippen LogP contribution in [0.1, 0.15) is 52.9 Å². The second-order valence-electron chi connectivity index (χ2n) is 6.54. The van der Waals surface area contributed by atoms with E-state index >= 15 is 0 Å². The molecule has 0 aliphatic carbocycles. The molecular formula is C16H31N3O2. The second kappa shape index (κ2) is 9.03. The molecule has 1 heterocycles. The Morgan fingerprint density at radius 1 is 1.19 bits per heavy atom. The molecule has 0 aromatic heterocycles. The van der Waals surface area contributed by atoms with Crippen molar-refractivity contribution in [3.8, 4) is 0 Å². The SMILES string of the molecule is CC(CCN)CCC(=O)NC1CCN(C(=O)C(C)C)CC1. The number of piperidine rings is 1. The van der Waals surface area contributed by atoms with Crippen LogP contribution in [-0.2, 0) is 9.59 Å². The summed E-state index contributed by atoms with van der Waals surface area (Å²) < 4.78 is 0. The number of carbonyl (C=O) groups excluding carboxylic acids is 2. The average Bonchev–Trinajstić information content (AvgIpc) is 2.45. The number of rotatable bonds is 7. The van der Waals surface area contributed by atoms with E-state index in [2.05, 4.69) is 12.2 Å². The summed E-state index contributed by atoms with van der Waals surface area (Å²) in [5, 5.41) is 3.10. The molecular weight excluding hydrogens is 266 g/mol. The van der Waals surface area contributed by atoms with Crippen molar-refractivity contribution in [2.24, 2.45) is 17.6 Å². The monoisotopic (exact) mass is 297 g/mol. The summed E-state index contributed by atoms with van der Waals surface area (Å²) in [6.07, 6.45) is 4.17. The summed E-state index contributed by atoms with van der Waals surface area (Å²) in [6, 6.07) is 0.221. The van der Waals surface area contributed by atoms with E-state index in [1.54, 1.807) is 0 Å². The summed E-state index contributed by atoms with van der Waals surface area (Å²) in [4.78, 5) is 25.7. The van der Waals surface area contributed by atoms with Crippen LogP contribution in [0.2, 0.25) is 0 Å². The van der Waals surface area contributed by atoms with Gasteiger partial charge in [0, 0.05) is 31.5 Å². The summed E-state index contributed by atoms with van der Waals surface area (Å²) in [7, 11) is 0. The molecule has 1 unspecified atom stereocenters. The van der Waals surface area contributed by atoms with Crippen molar-refractivity contribution < 1.29 is 9.59 Å². The number of nitrogens with one attached hydrogen (secondary N) is 1. The highest BCUT2D eigenvalue weighted by Crippen LogP contribution is 2.14. The molecule has 5 heteroatoms. The van der Waals surface area contributed by atoms with Crippen LogP contribution in [-0.4, -0.2) is 42.4 Å². The van der Waals surface area contributed by atoms with Gasteiger partial charge in [0.25, 0.3) is 0 Å². The molecule has 0 spiro atoms. The number of hydrogen-bond donors (Lipinski definition) is 2. The molecule has 1 fully saturated rings. The fourth-order valence-electron chi connectivity index (χ4n) is 2.72. The van der Waals surface area contributed by atoms with E-state index in [0.717, 1.165) is 38.8 Å². The Morgan fingerprint density at radius 2 is 1.81 bits per heavy atom. The quantitative estimate of drug-likeness (QED) is 0.748. The van der Waals surface area contributed by atoms with Crippen LogP contribution in [0.5, 0.6) is 0 Å². The molecule has 1 atom stereocenters. The lowest BCUT2D eigenvalue weighted by Crippen LogP contribution is -2.47. The van der Waals surface area contributed by atoms with Gasteiger partial charge < -0.3 is 16.0 Å². The van der Waals surface area contributed by atoms with Gasteiger partial charge >= 0.3 is 0 Å². The van der Waals surface area contributed by atoms with E-state index < -0.39 is 0 Å². The first-order chi connectivity index (χ1) is 9.93. The number of hydrogen-bond acceptors (Lipinski definition) is 3. The summed E-state index contributed by atoms with van der Waals surface area (Å²) in [6.45, 7) is 8.19. The van der Waals surface area contributed by atoms with Crippen LogP contribution in [0, 0.1) is 11.8 Å². The summed E-state index contributed by atoms with van der Waals surface area (Å²) in [5.41, 5.74) is 5.51. The Kier molecular flexibility index (Phi) is 7.72. The minimum Gasteiger partial charge on any atom is -0.353 e. The van der Waals surface area contributed by atoms with Crippen molar-refractivity contribution in [1.82, 2.24) is 10.2 Å². The Bertz CT molecular complexity index is 336. The van der Waals surface area contributed by atoms with Gasteiger partial charge in [0.15, 0.2) is 0 Å². The average molecular weight is 297 g/mol. The molecule has 21 heavy (non-hydrogen) atoms. The maximum Gasteiger partial charge on any atom is 0.225 e. The molecule has 122 valence electrons. The molecule has 5 nitrogen and oxygen atoms in total. The van der Waals surface area contributed by atoms with E-state index in [-0.39, 0.29) is 23.8 Å². The van der Waals surface area contributed by atoms with Crippen molar-refractivity contribution >= 4 is 11.8 Å². The fourth-order valence-corrected chi connectivity index (χ4v) is 2.72. The van der Waals surface area contributed by atoms with Gasteiger partial charge in [-0.1, -0.05) is 20.8 Å². The molecule has 1 rings (SSSR count). The van der Waals surface area contributed by atoms with Crippen LogP contribution in [0.3, 0.4) is 0 Å². The highest BCUT2D eigenvalue weighted by Gasteiger charge is 2.24. The van der Waals surface area contributed by atoms with E-state index in [0.29, 0.717) is 18.9 Å². The van der Waals surface area contributed by atoms with Gasteiger partial charge in [0.2, 0.25) is 11.8 Å².